The second-order valence-corrected chi connectivity index (χ2v) is 29.5. The fraction of sp³-hybridized carbons (Fsp3) is 0. The Balaban J connectivity index is 0.000000116. The second kappa shape index (κ2) is 25.9. The maximum atomic E-state index is 5.22. The Morgan fingerprint density at radius 1 is 0.267 bits per heavy atom. The van der Waals surface area contributed by atoms with Crippen molar-refractivity contribution in [2.75, 3.05) is 0 Å². The molecule has 0 saturated heterocycles. The molecule has 6 aromatic heterocycles. The van der Waals surface area contributed by atoms with Crippen LogP contribution in [0.5, 0.6) is 0 Å². The molecule has 0 aliphatic heterocycles. The minimum absolute atomic E-state index is 0.715. The Morgan fingerprint density at radius 2 is 0.648 bits per heavy atom. The van der Waals surface area contributed by atoms with Crippen molar-refractivity contribution in [3.8, 4) is 73.2 Å². The molecule has 6 heterocycles. The van der Waals surface area contributed by atoms with Gasteiger partial charge >= 0.3 is 0 Å². The Bertz CT molecular complexity index is 7130. The molecule has 16 aromatic carbocycles. The van der Waals surface area contributed by atoms with Crippen molar-refractivity contribution < 1.29 is 0 Å². The highest BCUT2D eigenvalue weighted by Crippen LogP contribution is 2.49. The van der Waals surface area contributed by atoms with Crippen molar-refractivity contribution in [2.45, 2.75) is 0 Å². The first-order valence-corrected chi connectivity index (χ1v) is 37.6. The molecule has 6 nitrogen and oxygen atoms in total. The van der Waals surface area contributed by atoms with Gasteiger partial charge in [0.2, 0.25) is 0 Å². The van der Waals surface area contributed by atoms with E-state index in [1.165, 1.54) is 128 Å². The first kappa shape index (κ1) is 62.1. The maximum Gasteiger partial charge on any atom is 0.160 e. The molecular formula is C96H59BrN6S2. The zero-order valence-corrected chi connectivity index (χ0v) is 59.6. The van der Waals surface area contributed by atoms with Crippen molar-refractivity contribution >= 4 is 166 Å². The monoisotopic (exact) mass is 1440 g/mol. The highest BCUT2D eigenvalue weighted by Gasteiger charge is 2.24. The third-order valence-corrected chi connectivity index (χ3v) is 23.3. The van der Waals surface area contributed by atoms with Gasteiger partial charge in [0.15, 0.2) is 11.6 Å². The molecule has 0 unspecified atom stereocenters. The number of thiophene rings is 2. The number of nitrogens with zero attached hydrogens (tertiary/aromatic N) is 5. The number of aromatic nitrogens is 6. The molecule has 9 heteroatoms. The van der Waals surface area contributed by atoms with Crippen LogP contribution in [0.2, 0.25) is 0 Å². The largest absolute Gasteiger partial charge is 0.354 e. The lowest BCUT2D eigenvalue weighted by molar-refractivity contribution is 1.18. The second-order valence-electron chi connectivity index (χ2n) is 26.5. The van der Waals surface area contributed by atoms with Gasteiger partial charge in [-0.3, -0.25) is 0 Å². The summed E-state index contributed by atoms with van der Waals surface area (Å²) in [4.78, 5) is 23.7. The molecule has 492 valence electrons. The minimum Gasteiger partial charge on any atom is -0.354 e. The molecule has 105 heavy (non-hydrogen) atoms. The van der Waals surface area contributed by atoms with Gasteiger partial charge in [0.1, 0.15) is 0 Å². The van der Waals surface area contributed by atoms with E-state index in [1.54, 1.807) is 0 Å². The summed E-state index contributed by atoms with van der Waals surface area (Å²) < 4.78 is 8.87. The number of rotatable bonds is 7. The number of para-hydroxylation sites is 4. The van der Waals surface area contributed by atoms with Crippen molar-refractivity contribution in [3.05, 3.63) is 356 Å². The first-order valence-electron chi connectivity index (χ1n) is 35.2. The van der Waals surface area contributed by atoms with E-state index in [2.05, 4.69) is 317 Å². The third-order valence-electron chi connectivity index (χ3n) is 20.4. The van der Waals surface area contributed by atoms with Crippen LogP contribution in [0.25, 0.3) is 201 Å². The summed E-state index contributed by atoms with van der Waals surface area (Å²) in [7, 11) is 0. The molecule has 0 aliphatic carbocycles. The summed E-state index contributed by atoms with van der Waals surface area (Å²) in [6.07, 6.45) is 0. The smallest absolute Gasteiger partial charge is 0.160 e. The van der Waals surface area contributed by atoms with E-state index in [0.717, 1.165) is 71.4 Å². The van der Waals surface area contributed by atoms with Crippen LogP contribution >= 0.6 is 38.6 Å². The number of nitrogens with one attached hydrogen (secondary N) is 1. The van der Waals surface area contributed by atoms with Crippen LogP contribution in [-0.2, 0) is 0 Å². The van der Waals surface area contributed by atoms with Gasteiger partial charge in [-0.1, -0.05) is 295 Å². The Morgan fingerprint density at radius 3 is 1.19 bits per heavy atom. The summed E-state index contributed by atoms with van der Waals surface area (Å²) in [6, 6.07) is 124. The third kappa shape index (κ3) is 10.8. The molecule has 22 rings (SSSR count). The molecular weight excluding hydrogens is 1380 g/mol. The summed E-state index contributed by atoms with van der Waals surface area (Å²) in [5.41, 5.74) is 18.7. The fourth-order valence-corrected chi connectivity index (χ4v) is 18.2. The molecule has 0 atom stereocenters. The molecule has 0 saturated carbocycles. The van der Waals surface area contributed by atoms with Crippen molar-refractivity contribution in [1.29, 1.82) is 0 Å². The summed E-state index contributed by atoms with van der Waals surface area (Å²) in [5, 5.41) is 17.9. The van der Waals surface area contributed by atoms with Gasteiger partial charge in [0.25, 0.3) is 0 Å². The van der Waals surface area contributed by atoms with Gasteiger partial charge in [-0.25, -0.2) is 19.9 Å². The predicted molar refractivity (Wildman–Crippen MR) is 450 cm³/mol. The molecule has 0 bridgehead atoms. The summed E-state index contributed by atoms with van der Waals surface area (Å²) in [6.45, 7) is 0. The van der Waals surface area contributed by atoms with Gasteiger partial charge in [0.05, 0.1) is 39.0 Å². The number of benzene rings is 16. The van der Waals surface area contributed by atoms with Crippen LogP contribution in [0.1, 0.15) is 0 Å². The van der Waals surface area contributed by atoms with Crippen molar-refractivity contribution in [1.82, 2.24) is 29.5 Å². The predicted octanol–water partition coefficient (Wildman–Crippen LogP) is 27.5. The number of fused-ring (bicyclic) bond motifs is 22. The number of aromatic amines is 1. The molecule has 0 radical (unpaired) electrons. The molecule has 1 N–H and O–H groups in total. The molecule has 0 amide bonds. The maximum absolute atomic E-state index is 5.22. The number of halogens is 1. The Labute approximate surface area is 620 Å². The zero-order chi connectivity index (χ0) is 69.5. The van der Waals surface area contributed by atoms with Crippen molar-refractivity contribution in [3.63, 3.8) is 0 Å². The van der Waals surface area contributed by atoms with Crippen LogP contribution in [0, 0.1) is 0 Å². The van der Waals surface area contributed by atoms with E-state index in [1.807, 2.05) is 83.3 Å². The molecule has 22 aromatic rings. The van der Waals surface area contributed by atoms with Crippen molar-refractivity contribution in [2.24, 2.45) is 0 Å². The quantitative estimate of drug-likeness (QED) is 0.173. The van der Waals surface area contributed by atoms with Gasteiger partial charge in [-0.15, -0.1) is 22.7 Å². The minimum atomic E-state index is 0.715. The van der Waals surface area contributed by atoms with E-state index >= 15 is 0 Å². The number of H-pyrrole nitrogens is 1. The zero-order valence-electron chi connectivity index (χ0n) is 56.4. The Kier molecular flexibility index (Phi) is 15.3. The lowest BCUT2D eigenvalue weighted by atomic mass is 10.00. The summed E-state index contributed by atoms with van der Waals surface area (Å²) >= 11 is 7.28. The average molecular weight is 1440 g/mol. The highest BCUT2D eigenvalue weighted by molar-refractivity contribution is 9.10. The lowest BCUT2D eigenvalue weighted by Crippen LogP contribution is -1.97. The summed E-state index contributed by atoms with van der Waals surface area (Å²) in [5.74, 6) is 1.45. The molecule has 0 spiro atoms. The Hall–Kier alpha value is -12.8. The normalized spacial score (nSPS) is 11.7. The topological polar surface area (TPSA) is 72.3 Å². The van der Waals surface area contributed by atoms with Crippen LogP contribution in [0.3, 0.4) is 0 Å². The van der Waals surface area contributed by atoms with E-state index in [0.29, 0.717) is 5.82 Å². The van der Waals surface area contributed by atoms with E-state index < -0.39 is 0 Å². The molecule has 0 fully saturated rings. The fourth-order valence-electron chi connectivity index (χ4n) is 15.5. The molecule has 0 aliphatic rings. The van der Waals surface area contributed by atoms with E-state index in [-0.39, 0.29) is 0 Å². The van der Waals surface area contributed by atoms with E-state index in [4.69, 9.17) is 19.9 Å². The van der Waals surface area contributed by atoms with Crippen LogP contribution < -0.4 is 0 Å². The van der Waals surface area contributed by atoms with Crippen LogP contribution in [0.15, 0.2) is 356 Å². The van der Waals surface area contributed by atoms with Gasteiger partial charge in [-0.2, -0.15) is 0 Å². The van der Waals surface area contributed by atoms with Crippen LogP contribution in [-0.4, -0.2) is 29.5 Å². The lowest BCUT2D eigenvalue weighted by Gasteiger charge is -2.12. The number of hydrogen-bond acceptors (Lipinski definition) is 6. The van der Waals surface area contributed by atoms with Gasteiger partial charge in [-0.05, 0) is 106 Å². The van der Waals surface area contributed by atoms with Gasteiger partial charge < -0.3 is 9.55 Å². The SMILES string of the molecule is Brc1ccc(-c2nc(-c3ccc(-c4ccccc4)cc3)c3ccccc3n2)cc1.c1ccc(-c2ccc(-c3nc(-c4ccc(-n5c6ccccc6c6c7ccccc7c7sc8ccccc8c7c65)cc4)nc4ccccc34)cc2)cc1.c1ccc2c(c1)[nH]c1c2c2ccccc2c2sc3ccccc3c12. The van der Waals surface area contributed by atoms with Gasteiger partial charge in [0, 0.05) is 121 Å². The standard InChI is InChI=1S/C48H29N3S.C26H17BrN2.C22H13NS/c1-2-12-30(13-3-1)31-22-24-32(25-23-31)45-37-16-6-9-19-40(37)49-48(50-45)33-26-28-34(29-27-33)51-41-20-10-7-17-38(41)43-35-14-4-5-15-36(35)47-44(46(43)51)39-18-8-11-21-42(39)52-47;27-22-16-14-21(15-17-22)26-28-24-9-5-4-8-23(24)25(29-26)20-12-10-19(11-13-20)18-6-2-1-3-7-18;1-2-8-14-13(7-1)19-15-9-3-5-11-17(15)23-21(19)20-16-10-4-6-12-18(16)24-22(14)20/h1-29H;1-17H;1-12,23H. The average Bonchev–Trinajstić information content (AvgIpc) is 1.55. The number of hydrogen-bond donors (Lipinski definition) is 1. The van der Waals surface area contributed by atoms with E-state index in [9.17, 15) is 0 Å². The van der Waals surface area contributed by atoms with Crippen LogP contribution in [0.4, 0.5) is 0 Å². The highest BCUT2D eigenvalue weighted by atomic mass is 79.9. The first-order chi connectivity index (χ1) is 52.0.